The zero-order valence-electron chi connectivity index (χ0n) is 10.4. The van der Waals surface area contributed by atoms with Crippen molar-refractivity contribution in [1.29, 1.82) is 0 Å². The summed E-state index contributed by atoms with van der Waals surface area (Å²) in [5, 5.41) is 20.8. The molecule has 1 fully saturated rings. The summed E-state index contributed by atoms with van der Waals surface area (Å²) in [4.78, 5) is 11.3. The molecule has 0 radical (unpaired) electrons. The van der Waals surface area contributed by atoms with E-state index in [1.807, 2.05) is 6.92 Å². The Kier molecular flexibility index (Phi) is 2.89. The number of rotatable bonds is 5. The van der Waals surface area contributed by atoms with Crippen molar-refractivity contribution in [2.75, 3.05) is 0 Å². The molecule has 94 valence electrons. The monoisotopic (exact) mass is 238 g/mol. The second-order valence-electron chi connectivity index (χ2n) is 5.23. The first-order valence-corrected chi connectivity index (χ1v) is 5.97. The second-order valence-corrected chi connectivity index (χ2v) is 5.23. The van der Waals surface area contributed by atoms with E-state index < -0.39 is 11.4 Å². The van der Waals surface area contributed by atoms with Crippen molar-refractivity contribution in [2.45, 2.75) is 46.1 Å². The predicted molar refractivity (Wildman–Crippen MR) is 60.4 cm³/mol. The Morgan fingerprint density at radius 1 is 1.65 bits per heavy atom. The third kappa shape index (κ3) is 2.16. The van der Waals surface area contributed by atoms with Crippen LogP contribution in [0.15, 0.2) is 0 Å². The first-order valence-electron chi connectivity index (χ1n) is 5.97. The average Bonchev–Trinajstić information content (AvgIpc) is 2.83. The maximum atomic E-state index is 11.3. The van der Waals surface area contributed by atoms with Crippen LogP contribution < -0.4 is 0 Å². The number of carboxylic acids is 1. The van der Waals surface area contributed by atoms with Gasteiger partial charge in [0, 0.05) is 5.92 Å². The molecule has 1 saturated carbocycles. The summed E-state index contributed by atoms with van der Waals surface area (Å²) in [6.07, 6.45) is 1.65. The lowest BCUT2D eigenvalue weighted by atomic mass is 9.88. The van der Waals surface area contributed by atoms with Crippen LogP contribution >= 0.6 is 0 Å². The molecule has 0 amide bonds. The Morgan fingerprint density at radius 2 is 2.29 bits per heavy atom. The fraction of sp³-hybridized carbons (Fsp3) is 0.818. The molecular formula is C11H18N4O2. The van der Waals surface area contributed by atoms with Crippen LogP contribution in [-0.2, 0) is 11.3 Å². The third-order valence-electron chi connectivity index (χ3n) is 3.80. The van der Waals surface area contributed by atoms with E-state index in [1.54, 1.807) is 11.6 Å². The summed E-state index contributed by atoms with van der Waals surface area (Å²) in [6.45, 7) is 6.10. The summed E-state index contributed by atoms with van der Waals surface area (Å²) < 4.78 is 1.66. The molecule has 1 aliphatic carbocycles. The third-order valence-corrected chi connectivity index (χ3v) is 3.80. The van der Waals surface area contributed by atoms with Crippen LogP contribution in [0.25, 0.3) is 0 Å². The van der Waals surface area contributed by atoms with E-state index in [4.69, 9.17) is 0 Å². The van der Waals surface area contributed by atoms with E-state index >= 15 is 0 Å². The summed E-state index contributed by atoms with van der Waals surface area (Å²) >= 11 is 0. The SMILES string of the molecule is CCC(C)(Cn1nnnc1C1CC1C)C(=O)O. The van der Waals surface area contributed by atoms with Crippen molar-refractivity contribution in [3.05, 3.63) is 5.82 Å². The van der Waals surface area contributed by atoms with Gasteiger partial charge in [0.2, 0.25) is 0 Å². The highest BCUT2D eigenvalue weighted by Crippen LogP contribution is 2.46. The van der Waals surface area contributed by atoms with Crippen LogP contribution in [0.2, 0.25) is 0 Å². The molecule has 17 heavy (non-hydrogen) atoms. The standard InChI is InChI=1S/C11H18N4O2/c1-4-11(3,10(16)17)6-15-9(12-13-14-15)8-5-7(8)2/h7-8H,4-6H2,1-3H3,(H,16,17). The highest BCUT2D eigenvalue weighted by molar-refractivity contribution is 5.73. The Balaban J connectivity index is 2.18. The van der Waals surface area contributed by atoms with Gasteiger partial charge in [0.15, 0.2) is 5.82 Å². The van der Waals surface area contributed by atoms with Crippen LogP contribution in [-0.4, -0.2) is 31.3 Å². The van der Waals surface area contributed by atoms with Gasteiger partial charge in [0.05, 0.1) is 12.0 Å². The van der Waals surface area contributed by atoms with E-state index in [2.05, 4.69) is 22.4 Å². The first-order chi connectivity index (χ1) is 7.98. The van der Waals surface area contributed by atoms with E-state index in [1.165, 1.54) is 0 Å². The number of aliphatic carboxylic acids is 1. The average molecular weight is 238 g/mol. The predicted octanol–water partition coefficient (Wildman–Crippen LogP) is 1.30. The van der Waals surface area contributed by atoms with Crippen molar-refractivity contribution in [2.24, 2.45) is 11.3 Å². The normalized spacial score (nSPS) is 26.5. The molecule has 0 saturated heterocycles. The van der Waals surface area contributed by atoms with E-state index in [9.17, 15) is 9.90 Å². The Morgan fingerprint density at radius 3 is 2.76 bits per heavy atom. The molecule has 6 nitrogen and oxygen atoms in total. The lowest BCUT2D eigenvalue weighted by Crippen LogP contribution is -2.33. The highest BCUT2D eigenvalue weighted by atomic mass is 16.4. The highest BCUT2D eigenvalue weighted by Gasteiger charge is 2.40. The molecule has 3 unspecified atom stereocenters. The van der Waals surface area contributed by atoms with Crippen molar-refractivity contribution in [3.63, 3.8) is 0 Å². The van der Waals surface area contributed by atoms with Gasteiger partial charge in [-0.3, -0.25) is 4.79 Å². The number of aromatic nitrogens is 4. The first kappa shape index (κ1) is 12.0. The fourth-order valence-corrected chi connectivity index (χ4v) is 1.93. The number of carbonyl (C=O) groups is 1. The van der Waals surface area contributed by atoms with Crippen LogP contribution in [0.4, 0.5) is 0 Å². The van der Waals surface area contributed by atoms with Gasteiger partial charge in [-0.25, -0.2) is 4.68 Å². The summed E-state index contributed by atoms with van der Waals surface area (Å²) in [5.41, 5.74) is -0.803. The van der Waals surface area contributed by atoms with Gasteiger partial charge in [-0.05, 0) is 36.1 Å². The van der Waals surface area contributed by atoms with Gasteiger partial charge in [0.25, 0.3) is 0 Å². The molecule has 0 spiro atoms. The van der Waals surface area contributed by atoms with Gasteiger partial charge in [0.1, 0.15) is 0 Å². The van der Waals surface area contributed by atoms with Gasteiger partial charge in [-0.1, -0.05) is 13.8 Å². The summed E-state index contributed by atoms with van der Waals surface area (Å²) in [5.74, 6) is 1.04. The minimum Gasteiger partial charge on any atom is -0.481 e. The number of hydrogen-bond donors (Lipinski definition) is 1. The van der Waals surface area contributed by atoms with Crippen LogP contribution in [0.3, 0.4) is 0 Å². The maximum Gasteiger partial charge on any atom is 0.311 e. The van der Waals surface area contributed by atoms with Crippen molar-refractivity contribution in [3.8, 4) is 0 Å². The lowest BCUT2D eigenvalue weighted by molar-refractivity contribution is -0.149. The molecule has 2 rings (SSSR count). The lowest BCUT2D eigenvalue weighted by Gasteiger charge is -2.22. The zero-order valence-corrected chi connectivity index (χ0v) is 10.4. The molecule has 6 heteroatoms. The molecule has 0 aliphatic heterocycles. The number of nitrogens with zero attached hydrogens (tertiary/aromatic N) is 4. The summed E-state index contributed by atoms with van der Waals surface area (Å²) in [6, 6.07) is 0. The number of tetrazole rings is 1. The molecule has 1 aliphatic rings. The van der Waals surface area contributed by atoms with Crippen LogP contribution in [0.5, 0.6) is 0 Å². The quantitative estimate of drug-likeness (QED) is 0.836. The smallest absolute Gasteiger partial charge is 0.311 e. The van der Waals surface area contributed by atoms with Crippen LogP contribution in [0, 0.1) is 11.3 Å². The molecule has 0 aromatic carbocycles. The fourth-order valence-electron chi connectivity index (χ4n) is 1.93. The van der Waals surface area contributed by atoms with Crippen molar-refractivity contribution >= 4 is 5.97 Å². The largest absolute Gasteiger partial charge is 0.481 e. The Labute approximate surface area is 100 Å². The Bertz CT molecular complexity index is 431. The van der Waals surface area contributed by atoms with Gasteiger partial charge in [-0.15, -0.1) is 5.10 Å². The van der Waals surface area contributed by atoms with Crippen molar-refractivity contribution in [1.82, 2.24) is 20.2 Å². The molecule has 0 bridgehead atoms. The zero-order chi connectivity index (χ0) is 12.6. The van der Waals surface area contributed by atoms with E-state index in [0.717, 1.165) is 12.2 Å². The summed E-state index contributed by atoms with van der Waals surface area (Å²) in [7, 11) is 0. The maximum absolute atomic E-state index is 11.3. The molecule has 1 N–H and O–H groups in total. The van der Waals surface area contributed by atoms with Gasteiger partial charge < -0.3 is 5.11 Å². The van der Waals surface area contributed by atoms with E-state index in [0.29, 0.717) is 24.8 Å². The molecule has 1 aromatic heterocycles. The molecule has 1 heterocycles. The minimum absolute atomic E-state index is 0.338. The number of hydrogen-bond acceptors (Lipinski definition) is 4. The van der Waals surface area contributed by atoms with Gasteiger partial charge in [-0.2, -0.15) is 0 Å². The topological polar surface area (TPSA) is 80.9 Å². The van der Waals surface area contributed by atoms with Crippen molar-refractivity contribution < 1.29 is 9.90 Å². The minimum atomic E-state index is -0.803. The molecular weight excluding hydrogens is 220 g/mol. The van der Waals surface area contributed by atoms with E-state index in [-0.39, 0.29) is 0 Å². The molecule has 3 atom stereocenters. The number of carboxylic acid groups (broad SMARTS) is 1. The van der Waals surface area contributed by atoms with Gasteiger partial charge >= 0.3 is 5.97 Å². The Hall–Kier alpha value is -1.46. The van der Waals surface area contributed by atoms with Crippen LogP contribution in [0.1, 0.15) is 45.4 Å². The molecule has 1 aromatic rings. The second kappa shape index (κ2) is 4.09.